The summed E-state index contributed by atoms with van der Waals surface area (Å²) >= 11 is 0. The molecule has 0 aromatic heterocycles. The number of amides is 1. The highest BCUT2D eigenvalue weighted by molar-refractivity contribution is 5.99. The summed E-state index contributed by atoms with van der Waals surface area (Å²) in [5.41, 5.74) is 2.64. The van der Waals surface area contributed by atoms with Crippen molar-refractivity contribution < 1.29 is 9.72 Å². The number of anilines is 2. The van der Waals surface area contributed by atoms with E-state index in [0.717, 1.165) is 27.6 Å². The second kappa shape index (κ2) is 7.23. The van der Waals surface area contributed by atoms with Gasteiger partial charge in [0.15, 0.2) is 0 Å². The maximum atomic E-state index is 12.3. The predicted molar refractivity (Wildman–Crippen MR) is 104 cm³/mol. The van der Waals surface area contributed by atoms with Gasteiger partial charge < -0.3 is 10.6 Å². The van der Waals surface area contributed by atoms with E-state index in [1.54, 1.807) is 13.0 Å². The summed E-state index contributed by atoms with van der Waals surface area (Å²) < 4.78 is 0. The zero-order valence-corrected chi connectivity index (χ0v) is 14.6. The van der Waals surface area contributed by atoms with Crippen LogP contribution in [0.25, 0.3) is 10.8 Å². The van der Waals surface area contributed by atoms with Crippen LogP contribution in [-0.4, -0.2) is 17.4 Å². The summed E-state index contributed by atoms with van der Waals surface area (Å²) in [6.07, 6.45) is 0. The van der Waals surface area contributed by atoms with Gasteiger partial charge in [-0.15, -0.1) is 0 Å². The van der Waals surface area contributed by atoms with Crippen LogP contribution in [0.15, 0.2) is 54.6 Å². The molecule has 0 aliphatic heterocycles. The largest absolute Gasteiger partial charge is 0.376 e. The molecule has 0 heterocycles. The van der Waals surface area contributed by atoms with Crippen molar-refractivity contribution in [3.8, 4) is 0 Å². The standard InChI is InChI=1S/C20H19N3O3/c1-13-10-18(19(23(25)26)11-14(13)2)22-20(24)12-21-17-9-5-7-15-6-3-4-8-16(15)17/h3-11,21H,12H2,1-2H3,(H,22,24). The minimum absolute atomic E-state index is 0.0120. The summed E-state index contributed by atoms with van der Waals surface area (Å²) in [4.78, 5) is 23.0. The number of hydrogen-bond donors (Lipinski definition) is 2. The van der Waals surface area contributed by atoms with Gasteiger partial charge in [-0.05, 0) is 42.5 Å². The lowest BCUT2D eigenvalue weighted by Crippen LogP contribution is -2.22. The number of rotatable bonds is 5. The average molecular weight is 349 g/mol. The predicted octanol–water partition coefficient (Wildman–Crippen LogP) is 4.42. The summed E-state index contributed by atoms with van der Waals surface area (Å²) in [7, 11) is 0. The van der Waals surface area contributed by atoms with E-state index < -0.39 is 4.92 Å². The SMILES string of the molecule is Cc1cc(NC(=O)CNc2cccc3ccccc23)c([N+](=O)[O-])cc1C. The molecule has 0 spiro atoms. The molecule has 3 aromatic rings. The minimum Gasteiger partial charge on any atom is -0.376 e. The van der Waals surface area contributed by atoms with Crippen LogP contribution < -0.4 is 10.6 Å². The maximum absolute atomic E-state index is 12.3. The van der Waals surface area contributed by atoms with E-state index >= 15 is 0 Å². The first-order valence-electron chi connectivity index (χ1n) is 8.23. The Balaban J connectivity index is 1.75. The maximum Gasteiger partial charge on any atom is 0.293 e. The Morgan fingerprint density at radius 1 is 1.00 bits per heavy atom. The van der Waals surface area contributed by atoms with Crippen molar-refractivity contribution in [1.82, 2.24) is 0 Å². The quantitative estimate of drug-likeness (QED) is 0.528. The average Bonchev–Trinajstić information content (AvgIpc) is 2.62. The number of carbonyl (C=O) groups excluding carboxylic acids is 1. The normalized spacial score (nSPS) is 10.5. The lowest BCUT2D eigenvalue weighted by molar-refractivity contribution is -0.384. The molecule has 0 saturated carbocycles. The molecule has 1 amide bonds. The smallest absolute Gasteiger partial charge is 0.293 e. The van der Waals surface area contributed by atoms with Gasteiger partial charge in [-0.3, -0.25) is 14.9 Å². The summed E-state index contributed by atoms with van der Waals surface area (Å²) in [6, 6.07) is 16.8. The first kappa shape index (κ1) is 17.4. The van der Waals surface area contributed by atoms with Crippen LogP contribution in [0.1, 0.15) is 11.1 Å². The van der Waals surface area contributed by atoms with E-state index in [9.17, 15) is 14.9 Å². The van der Waals surface area contributed by atoms with Gasteiger partial charge in [-0.2, -0.15) is 0 Å². The molecule has 0 aliphatic rings. The molecule has 0 fully saturated rings. The molecule has 26 heavy (non-hydrogen) atoms. The Hall–Kier alpha value is -3.41. The zero-order chi connectivity index (χ0) is 18.7. The lowest BCUT2D eigenvalue weighted by atomic mass is 10.1. The number of aryl methyl sites for hydroxylation is 2. The number of hydrogen-bond acceptors (Lipinski definition) is 4. The topological polar surface area (TPSA) is 84.3 Å². The number of nitro benzene ring substituents is 1. The van der Waals surface area contributed by atoms with E-state index in [2.05, 4.69) is 10.6 Å². The summed E-state index contributed by atoms with van der Waals surface area (Å²) in [6.45, 7) is 3.66. The van der Waals surface area contributed by atoms with E-state index in [-0.39, 0.29) is 23.8 Å². The van der Waals surface area contributed by atoms with Crippen molar-refractivity contribution in [3.05, 3.63) is 75.8 Å². The Bertz CT molecular complexity index is 994. The van der Waals surface area contributed by atoms with Gasteiger partial charge in [0.05, 0.1) is 11.5 Å². The number of fused-ring (bicyclic) bond motifs is 1. The molecule has 6 heteroatoms. The molecule has 0 radical (unpaired) electrons. The second-order valence-electron chi connectivity index (χ2n) is 6.14. The molecule has 132 valence electrons. The van der Waals surface area contributed by atoms with Crippen LogP contribution in [0.3, 0.4) is 0 Å². The van der Waals surface area contributed by atoms with Crippen LogP contribution in [-0.2, 0) is 4.79 Å². The van der Waals surface area contributed by atoms with E-state index in [1.807, 2.05) is 49.4 Å². The first-order chi connectivity index (χ1) is 12.5. The fraction of sp³-hybridized carbons (Fsp3) is 0.150. The van der Waals surface area contributed by atoms with E-state index in [0.29, 0.717) is 0 Å². The third-order valence-electron chi connectivity index (χ3n) is 4.31. The summed E-state index contributed by atoms with van der Waals surface area (Å²) in [5, 5.41) is 19.1. The van der Waals surface area contributed by atoms with Gasteiger partial charge in [-0.1, -0.05) is 36.4 Å². The van der Waals surface area contributed by atoms with Gasteiger partial charge in [0.2, 0.25) is 5.91 Å². The second-order valence-corrected chi connectivity index (χ2v) is 6.14. The summed E-state index contributed by atoms with van der Waals surface area (Å²) in [5.74, 6) is -0.343. The molecule has 0 saturated heterocycles. The highest BCUT2D eigenvalue weighted by atomic mass is 16.6. The molecule has 0 aliphatic carbocycles. The Labute approximate surface area is 151 Å². The molecule has 6 nitrogen and oxygen atoms in total. The molecule has 3 aromatic carbocycles. The number of nitrogens with zero attached hydrogens (tertiary/aromatic N) is 1. The lowest BCUT2D eigenvalue weighted by Gasteiger charge is -2.11. The first-order valence-corrected chi connectivity index (χ1v) is 8.23. The molecule has 0 bridgehead atoms. The Morgan fingerprint density at radius 3 is 2.46 bits per heavy atom. The van der Waals surface area contributed by atoms with Gasteiger partial charge in [-0.25, -0.2) is 0 Å². The number of nitro groups is 1. The fourth-order valence-electron chi connectivity index (χ4n) is 2.80. The van der Waals surface area contributed by atoms with Crippen molar-refractivity contribution in [2.24, 2.45) is 0 Å². The van der Waals surface area contributed by atoms with Crippen molar-refractivity contribution in [1.29, 1.82) is 0 Å². The van der Waals surface area contributed by atoms with Crippen molar-refractivity contribution in [2.45, 2.75) is 13.8 Å². The van der Waals surface area contributed by atoms with Gasteiger partial charge >= 0.3 is 0 Å². The van der Waals surface area contributed by atoms with Gasteiger partial charge in [0.1, 0.15) is 5.69 Å². The molecule has 2 N–H and O–H groups in total. The molecule has 0 atom stereocenters. The van der Waals surface area contributed by atoms with Crippen molar-refractivity contribution >= 4 is 33.7 Å². The Kier molecular flexibility index (Phi) is 4.84. The number of carbonyl (C=O) groups is 1. The van der Waals surface area contributed by atoms with Crippen LogP contribution in [0.2, 0.25) is 0 Å². The zero-order valence-electron chi connectivity index (χ0n) is 14.6. The molecular formula is C20H19N3O3. The van der Waals surface area contributed by atoms with Crippen LogP contribution >= 0.6 is 0 Å². The molecule has 3 rings (SSSR count). The van der Waals surface area contributed by atoms with Crippen LogP contribution in [0, 0.1) is 24.0 Å². The van der Waals surface area contributed by atoms with Crippen molar-refractivity contribution in [2.75, 3.05) is 17.2 Å². The highest BCUT2D eigenvalue weighted by Gasteiger charge is 2.17. The molecule has 0 unspecified atom stereocenters. The highest BCUT2D eigenvalue weighted by Crippen LogP contribution is 2.28. The third-order valence-corrected chi connectivity index (χ3v) is 4.31. The van der Waals surface area contributed by atoms with E-state index in [1.165, 1.54) is 6.07 Å². The fourth-order valence-corrected chi connectivity index (χ4v) is 2.80. The monoisotopic (exact) mass is 349 g/mol. The van der Waals surface area contributed by atoms with Crippen LogP contribution in [0.4, 0.5) is 17.1 Å². The molecular weight excluding hydrogens is 330 g/mol. The van der Waals surface area contributed by atoms with Gasteiger partial charge in [0, 0.05) is 17.1 Å². The minimum atomic E-state index is -0.486. The van der Waals surface area contributed by atoms with E-state index in [4.69, 9.17) is 0 Å². The van der Waals surface area contributed by atoms with Crippen LogP contribution in [0.5, 0.6) is 0 Å². The Morgan fingerprint density at radius 2 is 1.69 bits per heavy atom. The third kappa shape index (κ3) is 3.64. The number of nitrogens with one attached hydrogen (secondary N) is 2. The van der Waals surface area contributed by atoms with Gasteiger partial charge in [0.25, 0.3) is 5.69 Å². The number of benzene rings is 3. The van der Waals surface area contributed by atoms with Crippen molar-refractivity contribution in [3.63, 3.8) is 0 Å².